The fraction of sp³-hybridized carbons (Fsp3) is 0.250. The van der Waals surface area contributed by atoms with Crippen molar-refractivity contribution in [2.24, 2.45) is 7.05 Å². The smallest absolute Gasteiger partial charge is 0.178 e. The molecule has 0 spiro atoms. The van der Waals surface area contributed by atoms with Crippen LogP contribution in [-0.2, 0) is 7.05 Å². The van der Waals surface area contributed by atoms with Crippen LogP contribution in [0.4, 0.5) is 0 Å². The fourth-order valence-electron chi connectivity index (χ4n) is 0.496. The van der Waals surface area contributed by atoms with Crippen LogP contribution in [0.15, 0.2) is 10.1 Å². The first kappa shape index (κ1) is 7.24. The summed E-state index contributed by atoms with van der Waals surface area (Å²) in [6.45, 7) is 0. The van der Waals surface area contributed by atoms with E-state index in [0.717, 1.165) is 5.03 Å². The van der Waals surface area contributed by atoms with Crippen LogP contribution in [-0.4, -0.2) is 9.55 Å². The molecule has 0 aliphatic carbocycles. The molecule has 0 radical (unpaired) electrons. The van der Waals surface area contributed by atoms with E-state index in [1.807, 2.05) is 7.05 Å². The molecule has 2 nitrogen and oxygen atoms in total. The van der Waals surface area contributed by atoms with E-state index < -0.39 is 0 Å². The summed E-state index contributed by atoms with van der Waals surface area (Å²) in [5.41, 5.74) is 0. The molecule has 9 heavy (non-hydrogen) atoms. The van der Waals surface area contributed by atoms with Gasteiger partial charge in [0.1, 0.15) is 10.1 Å². The summed E-state index contributed by atoms with van der Waals surface area (Å²) < 4.78 is 2.39. The molecular formula is C4H6N2S3. The first-order chi connectivity index (χ1) is 4.13. The number of nitrogens with zero attached hydrogens (tertiary/aromatic N) is 1. The Kier molecular flexibility index (Phi) is 1.93. The van der Waals surface area contributed by atoms with Crippen molar-refractivity contribution in [1.82, 2.24) is 9.55 Å². The minimum absolute atomic E-state index is 0.644. The third-order valence-corrected chi connectivity index (χ3v) is 2.46. The van der Waals surface area contributed by atoms with E-state index in [0.29, 0.717) is 9.80 Å². The number of hydrogen-bond donors (Lipinski definition) is 3. The van der Waals surface area contributed by atoms with Crippen LogP contribution in [0.3, 0.4) is 0 Å². The minimum atomic E-state index is 0.644. The van der Waals surface area contributed by atoms with Gasteiger partial charge in [0.15, 0.2) is 4.77 Å². The van der Waals surface area contributed by atoms with E-state index in [2.05, 4.69) is 30.2 Å². The van der Waals surface area contributed by atoms with Crippen molar-refractivity contribution < 1.29 is 0 Å². The van der Waals surface area contributed by atoms with Gasteiger partial charge in [-0.2, -0.15) is 0 Å². The normalized spacial score (nSPS) is 10.1. The molecule has 0 atom stereocenters. The highest BCUT2D eigenvalue weighted by atomic mass is 32.1. The summed E-state index contributed by atoms with van der Waals surface area (Å²) >= 11 is 13.1. The molecule has 0 fully saturated rings. The molecule has 0 unspecified atom stereocenters. The van der Waals surface area contributed by atoms with Crippen LogP contribution < -0.4 is 0 Å². The van der Waals surface area contributed by atoms with Crippen molar-refractivity contribution in [2.45, 2.75) is 10.1 Å². The molecule has 5 heteroatoms. The van der Waals surface area contributed by atoms with E-state index in [4.69, 9.17) is 12.2 Å². The SMILES string of the molecule is Cn1c(S)c(S)[nH]c1=S. The second-order valence-electron chi connectivity index (χ2n) is 1.66. The van der Waals surface area contributed by atoms with Crippen molar-refractivity contribution in [3.8, 4) is 0 Å². The Morgan fingerprint density at radius 1 is 1.56 bits per heavy atom. The molecule has 1 aromatic rings. The average Bonchev–Trinajstić information content (AvgIpc) is 1.98. The van der Waals surface area contributed by atoms with Gasteiger partial charge < -0.3 is 9.55 Å². The van der Waals surface area contributed by atoms with Gasteiger partial charge in [0.25, 0.3) is 0 Å². The van der Waals surface area contributed by atoms with Gasteiger partial charge in [-0.1, -0.05) is 0 Å². The second-order valence-corrected chi connectivity index (χ2v) is 2.92. The van der Waals surface area contributed by atoms with Crippen LogP contribution in [0.2, 0.25) is 0 Å². The fourth-order valence-corrected chi connectivity index (χ4v) is 1.24. The third kappa shape index (κ3) is 1.17. The van der Waals surface area contributed by atoms with Gasteiger partial charge >= 0.3 is 0 Å². The summed E-state index contributed by atoms with van der Waals surface area (Å²) in [6.07, 6.45) is 0. The Balaban J connectivity index is 3.47. The maximum atomic E-state index is 4.87. The summed E-state index contributed by atoms with van der Waals surface area (Å²) in [5.74, 6) is 0. The van der Waals surface area contributed by atoms with E-state index >= 15 is 0 Å². The molecule has 1 rings (SSSR count). The number of thiol groups is 2. The molecule has 0 aliphatic rings. The lowest BCUT2D eigenvalue weighted by Crippen LogP contribution is -1.85. The number of rotatable bonds is 0. The summed E-state index contributed by atoms with van der Waals surface area (Å²) in [4.78, 5) is 2.84. The molecule has 0 saturated heterocycles. The Bertz CT molecular complexity index is 272. The van der Waals surface area contributed by atoms with Crippen molar-refractivity contribution >= 4 is 37.5 Å². The maximum absolute atomic E-state index is 4.87. The van der Waals surface area contributed by atoms with Crippen LogP contribution in [0.25, 0.3) is 0 Å². The lowest BCUT2D eigenvalue weighted by atomic mass is 10.9. The standard InChI is InChI=1S/C4H6N2S3/c1-6-3(8)2(7)5-4(6)9/h7-8H,1H3,(H,5,9). The minimum Gasteiger partial charge on any atom is -0.325 e. The largest absolute Gasteiger partial charge is 0.325 e. The highest BCUT2D eigenvalue weighted by Gasteiger charge is 1.98. The van der Waals surface area contributed by atoms with Crippen molar-refractivity contribution in [1.29, 1.82) is 0 Å². The van der Waals surface area contributed by atoms with Gasteiger partial charge in [0.2, 0.25) is 0 Å². The zero-order valence-corrected chi connectivity index (χ0v) is 7.36. The molecule has 1 aromatic heterocycles. The molecule has 1 N–H and O–H groups in total. The number of aromatic amines is 1. The molecule has 1 heterocycles. The number of nitrogens with one attached hydrogen (secondary N) is 1. The van der Waals surface area contributed by atoms with E-state index in [1.165, 1.54) is 0 Å². The van der Waals surface area contributed by atoms with Crippen LogP contribution >= 0.6 is 37.5 Å². The summed E-state index contributed by atoms with van der Waals surface area (Å²) in [6, 6.07) is 0. The topological polar surface area (TPSA) is 20.7 Å². The molecule has 50 valence electrons. The molecule has 0 aromatic carbocycles. The van der Waals surface area contributed by atoms with Crippen LogP contribution in [0.5, 0.6) is 0 Å². The highest BCUT2D eigenvalue weighted by molar-refractivity contribution is 7.83. The monoisotopic (exact) mass is 178 g/mol. The first-order valence-corrected chi connectivity index (χ1v) is 3.60. The third-order valence-electron chi connectivity index (χ3n) is 1.06. The quantitative estimate of drug-likeness (QED) is 0.408. The summed E-state index contributed by atoms with van der Waals surface area (Å²) in [7, 11) is 1.83. The van der Waals surface area contributed by atoms with Crippen molar-refractivity contribution in [3.05, 3.63) is 4.77 Å². The zero-order chi connectivity index (χ0) is 7.02. The van der Waals surface area contributed by atoms with Crippen LogP contribution in [0, 0.1) is 4.77 Å². The van der Waals surface area contributed by atoms with E-state index in [1.54, 1.807) is 4.57 Å². The Morgan fingerprint density at radius 2 is 2.11 bits per heavy atom. The first-order valence-electron chi connectivity index (χ1n) is 2.30. The van der Waals surface area contributed by atoms with Gasteiger partial charge in [-0.05, 0) is 12.2 Å². The molecule has 0 amide bonds. The van der Waals surface area contributed by atoms with Crippen molar-refractivity contribution in [2.75, 3.05) is 0 Å². The molecular weight excluding hydrogens is 172 g/mol. The van der Waals surface area contributed by atoms with E-state index in [9.17, 15) is 0 Å². The zero-order valence-electron chi connectivity index (χ0n) is 4.75. The number of aromatic nitrogens is 2. The number of H-pyrrole nitrogens is 1. The second kappa shape index (κ2) is 2.40. The Morgan fingerprint density at radius 3 is 2.22 bits per heavy atom. The highest BCUT2D eigenvalue weighted by Crippen LogP contribution is 2.14. The molecule has 0 aliphatic heterocycles. The van der Waals surface area contributed by atoms with Crippen molar-refractivity contribution in [3.63, 3.8) is 0 Å². The lowest BCUT2D eigenvalue weighted by molar-refractivity contribution is 0.800. The summed E-state index contributed by atoms with van der Waals surface area (Å²) in [5, 5.41) is 1.48. The Labute approximate surface area is 69.1 Å². The molecule has 0 saturated carbocycles. The predicted molar refractivity (Wildman–Crippen MR) is 45.1 cm³/mol. The Hall–Kier alpha value is 0.130. The number of imidazole rings is 1. The predicted octanol–water partition coefficient (Wildman–Crippen LogP) is 1.66. The van der Waals surface area contributed by atoms with Crippen LogP contribution in [0.1, 0.15) is 0 Å². The van der Waals surface area contributed by atoms with Gasteiger partial charge in [-0.25, -0.2) is 0 Å². The number of hydrogen-bond acceptors (Lipinski definition) is 3. The van der Waals surface area contributed by atoms with Gasteiger partial charge in [0, 0.05) is 7.05 Å². The lowest BCUT2D eigenvalue weighted by Gasteiger charge is -1.89. The van der Waals surface area contributed by atoms with Gasteiger partial charge in [0.05, 0.1) is 0 Å². The van der Waals surface area contributed by atoms with Gasteiger partial charge in [-0.15, -0.1) is 25.3 Å². The van der Waals surface area contributed by atoms with E-state index in [-0.39, 0.29) is 0 Å². The van der Waals surface area contributed by atoms with Gasteiger partial charge in [-0.3, -0.25) is 0 Å². The molecule has 0 bridgehead atoms. The maximum Gasteiger partial charge on any atom is 0.178 e. The average molecular weight is 178 g/mol.